The van der Waals surface area contributed by atoms with E-state index in [-0.39, 0.29) is 53.4 Å². The summed E-state index contributed by atoms with van der Waals surface area (Å²) < 4.78 is 0.882. The summed E-state index contributed by atoms with van der Waals surface area (Å²) >= 11 is 3.52. The molecule has 0 spiro atoms. The molecule has 4 aliphatic carbocycles. The molecule has 6 unspecified atom stereocenters. The number of benzene rings is 2. The number of imide groups is 1. The first kappa shape index (κ1) is 23.1. The zero-order valence-corrected chi connectivity index (χ0v) is 21.3. The molecule has 2 saturated carbocycles. The molecule has 2 aromatic rings. The molecule has 7 rings (SSSR count). The van der Waals surface area contributed by atoms with Crippen LogP contribution < -0.4 is 4.90 Å². The minimum Gasteiger partial charge on any atom is -0.289 e. The predicted octanol–water partition coefficient (Wildman–Crippen LogP) is 4.63. The lowest BCUT2D eigenvalue weighted by molar-refractivity contribution is -0.384. The first-order valence-corrected chi connectivity index (χ1v) is 12.8. The van der Waals surface area contributed by atoms with Crippen LogP contribution in [-0.4, -0.2) is 34.2 Å². The van der Waals surface area contributed by atoms with E-state index in [0.29, 0.717) is 17.5 Å². The monoisotopic (exact) mass is 549 g/mol. The van der Waals surface area contributed by atoms with Crippen LogP contribution in [0.5, 0.6) is 0 Å². The number of anilines is 1. The van der Waals surface area contributed by atoms with E-state index in [0.717, 1.165) is 22.0 Å². The molecular formula is C27H24BrN3O5. The number of hydrogen-bond acceptors (Lipinski definition) is 5. The molecule has 0 N–H and O–H groups in total. The Morgan fingerprint density at radius 2 is 1.58 bits per heavy atom. The standard InChI is InChI=1S/C27H24BrN3O5/c1-13-14(2)22(10-9-21(13)28)29(25(32)15-3-5-16(6-4-15)31(35)36)12-30-26(33)23-17-7-8-18(20-11-19(17)20)24(23)27(30)34/h3-10,17-20,23-24H,11-12H2,1-2H3. The van der Waals surface area contributed by atoms with Crippen LogP contribution in [0, 0.1) is 59.5 Å². The van der Waals surface area contributed by atoms with Gasteiger partial charge < -0.3 is 0 Å². The summed E-state index contributed by atoms with van der Waals surface area (Å²) in [6, 6.07) is 8.98. The molecule has 2 bridgehead atoms. The van der Waals surface area contributed by atoms with Gasteiger partial charge in [-0.1, -0.05) is 28.1 Å². The number of nitrogens with zero attached hydrogens (tertiary/aromatic N) is 3. The maximum absolute atomic E-state index is 13.8. The number of carbonyl (C=O) groups excluding carboxylic acids is 3. The first-order chi connectivity index (χ1) is 17.2. The van der Waals surface area contributed by atoms with Gasteiger partial charge in [0.25, 0.3) is 11.6 Å². The molecule has 1 heterocycles. The van der Waals surface area contributed by atoms with Gasteiger partial charge in [0.1, 0.15) is 6.67 Å². The molecule has 184 valence electrons. The van der Waals surface area contributed by atoms with E-state index in [4.69, 9.17) is 0 Å². The van der Waals surface area contributed by atoms with Gasteiger partial charge in [0.15, 0.2) is 0 Å². The molecular weight excluding hydrogens is 526 g/mol. The van der Waals surface area contributed by atoms with Crippen LogP contribution in [-0.2, 0) is 9.59 Å². The number of non-ortho nitro benzene ring substituents is 1. The Morgan fingerprint density at radius 1 is 1.00 bits per heavy atom. The molecule has 3 fully saturated rings. The number of hydrogen-bond donors (Lipinski definition) is 0. The molecule has 0 aromatic heterocycles. The SMILES string of the molecule is Cc1c(Br)ccc(N(CN2C(=O)C3C4C=CC(C5CC45)C3C2=O)C(=O)c2ccc([N+](=O)[O-])cc2)c1C. The van der Waals surface area contributed by atoms with Crippen LogP contribution in [0.15, 0.2) is 53.0 Å². The Hall–Kier alpha value is -3.33. The predicted molar refractivity (Wildman–Crippen MR) is 135 cm³/mol. The summed E-state index contributed by atoms with van der Waals surface area (Å²) in [6.45, 7) is 3.61. The second kappa shape index (κ2) is 8.09. The largest absolute Gasteiger partial charge is 0.289 e. The Labute approximate surface area is 216 Å². The van der Waals surface area contributed by atoms with Crippen LogP contribution in [0.3, 0.4) is 0 Å². The van der Waals surface area contributed by atoms with Gasteiger partial charge in [0.05, 0.1) is 16.8 Å². The van der Waals surface area contributed by atoms with Gasteiger partial charge in [-0.25, -0.2) is 0 Å². The minimum atomic E-state index is -0.523. The molecule has 8 nitrogen and oxygen atoms in total. The van der Waals surface area contributed by atoms with Crippen LogP contribution in [0.1, 0.15) is 27.9 Å². The quantitative estimate of drug-likeness (QED) is 0.234. The van der Waals surface area contributed by atoms with Gasteiger partial charge in [0.2, 0.25) is 11.8 Å². The van der Waals surface area contributed by atoms with Crippen molar-refractivity contribution >= 4 is 45.0 Å². The van der Waals surface area contributed by atoms with Crippen molar-refractivity contribution in [1.29, 1.82) is 0 Å². The summed E-state index contributed by atoms with van der Waals surface area (Å²) in [5.74, 6) is -0.358. The van der Waals surface area contributed by atoms with Crippen molar-refractivity contribution in [2.75, 3.05) is 11.6 Å². The van der Waals surface area contributed by atoms with Gasteiger partial charge in [-0.2, -0.15) is 0 Å². The highest BCUT2D eigenvalue weighted by molar-refractivity contribution is 9.10. The fourth-order valence-electron chi connectivity index (χ4n) is 6.50. The molecule has 0 radical (unpaired) electrons. The summed E-state index contributed by atoms with van der Waals surface area (Å²) in [6.07, 6.45) is 5.32. The average Bonchev–Trinajstić information content (AvgIpc) is 3.66. The summed E-state index contributed by atoms with van der Waals surface area (Å²) in [5.41, 5.74) is 2.46. The zero-order valence-electron chi connectivity index (χ0n) is 19.8. The van der Waals surface area contributed by atoms with Gasteiger partial charge in [-0.15, -0.1) is 0 Å². The minimum absolute atomic E-state index is 0.0990. The van der Waals surface area contributed by atoms with Crippen LogP contribution in [0.4, 0.5) is 11.4 Å². The van der Waals surface area contributed by atoms with Crippen LogP contribution >= 0.6 is 15.9 Å². The van der Waals surface area contributed by atoms with Crippen molar-refractivity contribution in [3.05, 3.63) is 79.8 Å². The Morgan fingerprint density at radius 3 is 2.14 bits per heavy atom. The van der Waals surface area contributed by atoms with Crippen molar-refractivity contribution in [1.82, 2.24) is 4.90 Å². The lowest BCUT2D eigenvalue weighted by Gasteiger charge is -2.37. The summed E-state index contributed by atoms with van der Waals surface area (Å²) in [5, 5.41) is 11.1. The van der Waals surface area contributed by atoms with E-state index < -0.39 is 10.8 Å². The highest BCUT2D eigenvalue weighted by Gasteiger charge is 2.67. The van der Waals surface area contributed by atoms with E-state index in [2.05, 4.69) is 28.1 Å². The number of amides is 3. The number of allylic oxidation sites excluding steroid dienone is 2. The third-order valence-corrected chi connectivity index (χ3v) is 9.45. The molecule has 9 heteroatoms. The molecule has 36 heavy (non-hydrogen) atoms. The lowest BCUT2D eigenvalue weighted by Crippen LogP contribution is -2.45. The van der Waals surface area contributed by atoms with Gasteiger partial charge in [0, 0.05) is 27.9 Å². The first-order valence-electron chi connectivity index (χ1n) is 12.0. The van der Waals surface area contributed by atoms with Crippen LogP contribution in [0.2, 0.25) is 0 Å². The third-order valence-electron chi connectivity index (χ3n) is 8.59. The van der Waals surface area contributed by atoms with Gasteiger partial charge in [-0.3, -0.25) is 34.3 Å². The highest BCUT2D eigenvalue weighted by Crippen LogP contribution is 2.65. The molecule has 5 aliphatic rings. The lowest BCUT2D eigenvalue weighted by atomic mass is 9.63. The molecule has 2 aromatic carbocycles. The van der Waals surface area contributed by atoms with Crippen molar-refractivity contribution in [2.45, 2.75) is 20.3 Å². The molecule has 1 aliphatic heterocycles. The normalized spacial score (nSPS) is 29.2. The molecule has 6 atom stereocenters. The van der Waals surface area contributed by atoms with Crippen molar-refractivity contribution in [3.8, 4) is 0 Å². The second-order valence-corrected chi connectivity index (χ2v) is 11.1. The zero-order chi connectivity index (χ0) is 25.5. The smallest absolute Gasteiger partial charge is 0.269 e. The Balaban J connectivity index is 1.37. The van der Waals surface area contributed by atoms with Crippen molar-refractivity contribution in [3.63, 3.8) is 0 Å². The van der Waals surface area contributed by atoms with Gasteiger partial charge in [-0.05, 0) is 79.3 Å². The number of carbonyl (C=O) groups is 3. The van der Waals surface area contributed by atoms with Crippen molar-refractivity contribution < 1.29 is 19.3 Å². The average molecular weight is 550 g/mol. The van der Waals surface area contributed by atoms with Crippen molar-refractivity contribution in [2.24, 2.45) is 35.5 Å². The van der Waals surface area contributed by atoms with E-state index in [1.165, 1.54) is 34.1 Å². The molecule has 3 amide bonds. The summed E-state index contributed by atoms with van der Waals surface area (Å²) in [7, 11) is 0. The maximum Gasteiger partial charge on any atom is 0.269 e. The summed E-state index contributed by atoms with van der Waals surface area (Å²) in [4.78, 5) is 54.2. The maximum atomic E-state index is 13.8. The van der Waals surface area contributed by atoms with E-state index >= 15 is 0 Å². The van der Waals surface area contributed by atoms with Gasteiger partial charge >= 0.3 is 0 Å². The Bertz CT molecular complexity index is 1330. The van der Waals surface area contributed by atoms with Crippen LogP contribution in [0.25, 0.3) is 0 Å². The second-order valence-electron chi connectivity index (χ2n) is 10.3. The topological polar surface area (TPSA) is 101 Å². The molecule has 1 saturated heterocycles. The van der Waals surface area contributed by atoms with E-state index in [9.17, 15) is 24.5 Å². The number of rotatable bonds is 5. The Kier molecular flexibility index (Phi) is 5.19. The number of likely N-dealkylation sites (tertiary alicyclic amines) is 1. The number of nitro benzene ring substituents is 1. The fraction of sp³-hybridized carbons (Fsp3) is 0.370. The number of halogens is 1. The number of nitro groups is 1. The fourth-order valence-corrected chi connectivity index (χ4v) is 6.93. The van der Waals surface area contributed by atoms with E-state index in [1.54, 1.807) is 6.07 Å². The third kappa shape index (κ3) is 3.28. The highest BCUT2D eigenvalue weighted by atomic mass is 79.9. The van der Waals surface area contributed by atoms with E-state index in [1.807, 2.05) is 19.9 Å².